The quantitative estimate of drug-likeness (QED) is 0.700. The molecule has 3 rings (SSSR count). The summed E-state index contributed by atoms with van der Waals surface area (Å²) in [5.74, 6) is -0.990. The highest BCUT2D eigenvalue weighted by atomic mass is 32.1. The van der Waals surface area contributed by atoms with Crippen molar-refractivity contribution >= 4 is 34.4 Å². The average Bonchev–Trinajstić information content (AvgIpc) is 3.19. The van der Waals surface area contributed by atoms with E-state index in [9.17, 15) is 8.78 Å². The summed E-state index contributed by atoms with van der Waals surface area (Å²) in [5, 5.41) is 11.6. The molecule has 0 aliphatic rings. The number of halogens is 2. The van der Waals surface area contributed by atoms with Gasteiger partial charge in [-0.15, -0.1) is 11.3 Å². The van der Waals surface area contributed by atoms with E-state index in [0.29, 0.717) is 17.4 Å². The molecule has 0 fully saturated rings. The second-order valence-electron chi connectivity index (χ2n) is 4.43. The van der Waals surface area contributed by atoms with E-state index in [4.69, 9.17) is 16.7 Å². The van der Waals surface area contributed by atoms with Gasteiger partial charge < -0.3 is 15.2 Å². The highest BCUT2D eigenvalue weighted by molar-refractivity contribution is 7.80. The lowest BCUT2D eigenvalue weighted by atomic mass is 10.3. The van der Waals surface area contributed by atoms with Gasteiger partial charge in [0.2, 0.25) is 11.7 Å². The van der Waals surface area contributed by atoms with E-state index >= 15 is 0 Å². The van der Waals surface area contributed by atoms with Crippen molar-refractivity contribution in [2.24, 2.45) is 0 Å². The predicted molar refractivity (Wildman–Crippen MR) is 87.0 cm³/mol. The van der Waals surface area contributed by atoms with E-state index in [0.717, 1.165) is 17.0 Å². The van der Waals surface area contributed by atoms with Crippen molar-refractivity contribution in [2.45, 2.75) is 6.54 Å². The summed E-state index contributed by atoms with van der Waals surface area (Å²) in [6.45, 7) is 0.216. The fourth-order valence-corrected chi connectivity index (χ4v) is 2.58. The molecule has 0 saturated heterocycles. The van der Waals surface area contributed by atoms with Crippen molar-refractivity contribution in [2.75, 3.05) is 5.32 Å². The normalized spacial score (nSPS) is 10.5. The first-order valence-corrected chi connectivity index (χ1v) is 7.77. The molecule has 0 atom stereocenters. The SMILES string of the molecule is Fc1ccc(NC(=S)NCc2nc(-c3cccs3)no2)cc1F. The molecule has 2 N–H and O–H groups in total. The zero-order valence-corrected chi connectivity index (χ0v) is 13.2. The molecule has 0 radical (unpaired) electrons. The van der Waals surface area contributed by atoms with E-state index in [1.165, 1.54) is 17.4 Å². The van der Waals surface area contributed by atoms with Crippen LogP contribution >= 0.6 is 23.6 Å². The van der Waals surface area contributed by atoms with Crippen LogP contribution in [0.5, 0.6) is 0 Å². The number of rotatable bonds is 4. The molecule has 2 heterocycles. The average molecular weight is 352 g/mol. The van der Waals surface area contributed by atoms with Crippen molar-refractivity contribution < 1.29 is 13.3 Å². The van der Waals surface area contributed by atoms with Crippen LogP contribution in [0.15, 0.2) is 40.2 Å². The Morgan fingerprint density at radius 2 is 2.13 bits per heavy atom. The summed E-state index contributed by atoms with van der Waals surface area (Å²) in [6.07, 6.45) is 0. The second-order valence-corrected chi connectivity index (χ2v) is 5.78. The summed E-state index contributed by atoms with van der Waals surface area (Å²) in [5.41, 5.74) is 0.339. The third-order valence-corrected chi connectivity index (χ3v) is 3.90. The molecule has 0 aliphatic heterocycles. The van der Waals surface area contributed by atoms with Crippen molar-refractivity contribution in [3.63, 3.8) is 0 Å². The lowest BCUT2D eigenvalue weighted by molar-refractivity contribution is 0.376. The topological polar surface area (TPSA) is 63.0 Å². The van der Waals surface area contributed by atoms with Crippen molar-refractivity contribution in [1.82, 2.24) is 15.5 Å². The lowest BCUT2D eigenvalue weighted by Gasteiger charge is -2.08. The smallest absolute Gasteiger partial charge is 0.246 e. The van der Waals surface area contributed by atoms with Gasteiger partial charge in [0.1, 0.15) is 0 Å². The van der Waals surface area contributed by atoms with Gasteiger partial charge in [-0.3, -0.25) is 0 Å². The number of thiocarbonyl (C=S) groups is 1. The van der Waals surface area contributed by atoms with Gasteiger partial charge in [0.15, 0.2) is 16.7 Å². The van der Waals surface area contributed by atoms with Gasteiger partial charge in [0.25, 0.3) is 0 Å². The Labute approximate surface area is 139 Å². The summed E-state index contributed by atoms with van der Waals surface area (Å²) >= 11 is 6.58. The van der Waals surface area contributed by atoms with Crippen molar-refractivity contribution in [1.29, 1.82) is 0 Å². The maximum atomic E-state index is 13.1. The van der Waals surface area contributed by atoms with E-state index in [1.807, 2.05) is 17.5 Å². The zero-order valence-electron chi connectivity index (χ0n) is 11.5. The minimum Gasteiger partial charge on any atom is -0.353 e. The number of anilines is 1. The van der Waals surface area contributed by atoms with E-state index in [2.05, 4.69) is 20.8 Å². The monoisotopic (exact) mass is 352 g/mol. The Morgan fingerprint density at radius 3 is 2.87 bits per heavy atom. The van der Waals surface area contributed by atoms with Crippen molar-refractivity contribution in [3.8, 4) is 10.7 Å². The number of benzene rings is 1. The first-order chi connectivity index (χ1) is 11.1. The largest absolute Gasteiger partial charge is 0.353 e. The molecular formula is C14H10F2N4OS2. The third-order valence-electron chi connectivity index (χ3n) is 2.79. The Bertz CT molecular complexity index is 820. The van der Waals surface area contributed by atoms with Crippen LogP contribution in [0.3, 0.4) is 0 Å². The van der Waals surface area contributed by atoms with E-state index in [-0.39, 0.29) is 11.7 Å². The molecule has 1 aromatic carbocycles. The number of thiophene rings is 1. The number of aromatic nitrogens is 2. The van der Waals surface area contributed by atoms with Gasteiger partial charge in [-0.05, 0) is 35.8 Å². The first kappa shape index (κ1) is 15.5. The Kier molecular flexibility index (Phi) is 4.58. The predicted octanol–water partition coefficient (Wildman–Crippen LogP) is 3.56. The van der Waals surface area contributed by atoms with Crippen LogP contribution in [0.2, 0.25) is 0 Å². The van der Waals surface area contributed by atoms with Gasteiger partial charge in [0.05, 0.1) is 11.4 Å². The molecule has 5 nitrogen and oxygen atoms in total. The number of nitrogens with one attached hydrogen (secondary N) is 2. The highest BCUT2D eigenvalue weighted by Crippen LogP contribution is 2.21. The molecule has 118 valence electrons. The lowest BCUT2D eigenvalue weighted by Crippen LogP contribution is -2.28. The van der Waals surface area contributed by atoms with Crippen LogP contribution in [-0.2, 0) is 6.54 Å². The molecule has 23 heavy (non-hydrogen) atoms. The molecule has 0 bridgehead atoms. The summed E-state index contributed by atoms with van der Waals surface area (Å²) in [4.78, 5) is 5.14. The third kappa shape index (κ3) is 3.88. The molecular weight excluding hydrogens is 342 g/mol. The molecule has 2 aromatic heterocycles. The molecule has 3 aromatic rings. The molecule has 0 amide bonds. The maximum absolute atomic E-state index is 13.1. The first-order valence-electron chi connectivity index (χ1n) is 6.48. The van der Waals surface area contributed by atoms with Crippen molar-refractivity contribution in [3.05, 3.63) is 53.2 Å². The summed E-state index contributed by atoms with van der Waals surface area (Å²) < 4.78 is 31.1. The minimum absolute atomic E-state index is 0.216. The number of hydrogen-bond donors (Lipinski definition) is 2. The van der Waals surface area contributed by atoms with Gasteiger partial charge in [-0.1, -0.05) is 11.2 Å². The van der Waals surface area contributed by atoms with E-state index in [1.54, 1.807) is 0 Å². The van der Waals surface area contributed by atoms with Crippen LogP contribution in [-0.4, -0.2) is 15.3 Å². The highest BCUT2D eigenvalue weighted by Gasteiger charge is 2.10. The summed E-state index contributed by atoms with van der Waals surface area (Å²) in [6, 6.07) is 7.21. The standard InChI is InChI=1S/C14H10F2N4OS2/c15-9-4-3-8(6-10(9)16)18-14(22)17-7-12-19-13(20-21-12)11-2-1-5-23-11/h1-6H,7H2,(H2,17,18,22). The Hall–Kier alpha value is -2.39. The van der Waals surface area contributed by atoms with Crippen LogP contribution in [0.25, 0.3) is 10.7 Å². The minimum atomic E-state index is -0.949. The maximum Gasteiger partial charge on any atom is 0.246 e. The van der Waals surface area contributed by atoms with Gasteiger partial charge >= 0.3 is 0 Å². The Balaban J connectivity index is 1.55. The van der Waals surface area contributed by atoms with Gasteiger partial charge in [0, 0.05) is 11.8 Å². The van der Waals surface area contributed by atoms with E-state index < -0.39 is 11.6 Å². The van der Waals surface area contributed by atoms with Gasteiger partial charge in [-0.2, -0.15) is 4.98 Å². The van der Waals surface area contributed by atoms with Crippen LogP contribution in [0.1, 0.15) is 5.89 Å². The number of hydrogen-bond acceptors (Lipinski definition) is 5. The molecule has 9 heteroatoms. The molecule has 0 saturated carbocycles. The fraction of sp³-hybridized carbons (Fsp3) is 0.0714. The zero-order chi connectivity index (χ0) is 16.2. The molecule has 0 spiro atoms. The Morgan fingerprint density at radius 1 is 1.26 bits per heavy atom. The molecule has 0 unspecified atom stereocenters. The molecule has 0 aliphatic carbocycles. The van der Waals surface area contributed by atoms with Gasteiger partial charge in [-0.25, -0.2) is 8.78 Å². The van der Waals surface area contributed by atoms with Crippen LogP contribution < -0.4 is 10.6 Å². The fourth-order valence-electron chi connectivity index (χ4n) is 1.74. The van der Waals surface area contributed by atoms with Crippen LogP contribution in [0, 0.1) is 11.6 Å². The second kappa shape index (κ2) is 6.80. The number of nitrogens with zero attached hydrogens (tertiary/aromatic N) is 2. The van der Waals surface area contributed by atoms with Crippen LogP contribution in [0.4, 0.5) is 14.5 Å². The summed E-state index contributed by atoms with van der Waals surface area (Å²) in [7, 11) is 0.